The Labute approximate surface area is 139 Å². The summed E-state index contributed by atoms with van der Waals surface area (Å²) in [6.07, 6.45) is 0.0234. The van der Waals surface area contributed by atoms with E-state index < -0.39 is 23.2 Å². The average Bonchev–Trinajstić information content (AvgIpc) is 2.74. The van der Waals surface area contributed by atoms with Crippen LogP contribution in [0, 0.1) is 19.7 Å². The molecule has 1 aromatic heterocycles. The van der Waals surface area contributed by atoms with Crippen molar-refractivity contribution in [2.45, 2.75) is 32.7 Å². The number of carboxylic acid groups (broad SMARTS) is 1. The van der Waals surface area contributed by atoms with E-state index in [0.717, 1.165) is 29.1 Å². The number of carbonyl (C=O) groups excluding carboxylic acids is 1. The fourth-order valence-electron chi connectivity index (χ4n) is 2.59. The highest BCUT2D eigenvalue weighted by Gasteiger charge is 2.37. The van der Waals surface area contributed by atoms with E-state index in [4.69, 9.17) is 0 Å². The summed E-state index contributed by atoms with van der Waals surface area (Å²) in [4.78, 5) is 24.1. The highest BCUT2D eigenvalue weighted by atomic mass is 19.1. The lowest BCUT2D eigenvalue weighted by atomic mass is 9.91. The van der Waals surface area contributed by atoms with Crippen molar-refractivity contribution in [1.29, 1.82) is 0 Å². The number of amides is 1. The van der Waals surface area contributed by atoms with Crippen LogP contribution in [0.1, 0.15) is 29.4 Å². The van der Waals surface area contributed by atoms with Gasteiger partial charge in [-0.25, -0.2) is 9.18 Å². The van der Waals surface area contributed by atoms with Crippen LogP contribution in [0.25, 0.3) is 0 Å². The van der Waals surface area contributed by atoms with Crippen molar-refractivity contribution in [3.63, 3.8) is 0 Å². The smallest absolute Gasteiger partial charge is 0.333 e. The zero-order valence-electron chi connectivity index (χ0n) is 14.1. The molecule has 0 saturated heterocycles. The summed E-state index contributed by atoms with van der Waals surface area (Å²) in [5.74, 6) is -2.13. The quantitative estimate of drug-likeness (QED) is 0.874. The van der Waals surface area contributed by atoms with Crippen molar-refractivity contribution in [3.8, 4) is 0 Å². The van der Waals surface area contributed by atoms with Crippen molar-refractivity contribution in [1.82, 2.24) is 15.1 Å². The molecule has 1 amide bonds. The van der Waals surface area contributed by atoms with Crippen molar-refractivity contribution >= 4 is 11.9 Å². The van der Waals surface area contributed by atoms with Gasteiger partial charge in [0.25, 0.3) is 0 Å². The molecule has 1 aromatic carbocycles. The molecular formula is C17H20FN3O3. The molecule has 1 heterocycles. The van der Waals surface area contributed by atoms with Crippen LogP contribution in [0.3, 0.4) is 0 Å². The number of nitrogens with one attached hydrogen (secondary N) is 1. The van der Waals surface area contributed by atoms with E-state index in [1.807, 2.05) is 6.92 Å². The van der Waals surface area contributed by atoms with Gasteiger partial charge in [0.05, 0.1) is 12.1 Å². The van der Waals surface area contributed by atoms with E-state index in [2.05, 4.69) is 10.4 Å². The highest BCUT2D eigenvalue weighted by Crippen LogP contribution is 2.22. The molecule has 2 aromatic rings. The van der Waals surface area contributed by atoms with Gasteiger partial charge in [0, 0.05) is 18.3 Å². The van der Waals surface area contributed by atoms with Gasteiger partial charge in [0.15, 0.2) is 5.54 Å². The molecule has 128 valence electrons. The first-order chi connectivity index (χ1) is 11.1. The summed E-state index contributed by atoms with van der Waals surface area (Å²) < 4.78 is 14.7. The van der Waals surface area contributed by atoms with Crippen LogP contribution in [-0.4, -0.2) is 26.8 Å². The third kappa shape index (κ3) is 3.29. The Hall–Kier alpha value is -2.70. The Morgan fingerprint density at radius 2 is 1.88 bits per heavy atom. The van der Waals surface area contributed by atoms with Gasteiger partial charge >= 0.3 is 5.97 Å². The molecule has 0 bridgehead atoms. The number of halogens is 1. The first-order valence-electron chi connectivity index (χ1n) is 7.44. The predicted molar refractivity (Wildman–Crippen MR) is 85.9 cm³/mol. The second kappa shape index (κ2) is 6.43. The minimum Gasteiger partial charge on any atom is -0.479 e. The maximum atomic E-state index is 13.1. The fraction of sp³-hybridized carbons (Fsp3) is 0.353. The van der Waals surface area contributed by atoms with Crippen LogP contribution in [0.2, 0.25) is 0 Å². The van der Waals surface area contributed by atoms with Crippen LogP contribution in [-0.2, 0) is 28.6 Å². The van der Waals surface area contributed by atoms with Crippen molar-refractivity contribution in [3.05, 3.63) is 52.6 Å². The number of hydrogen-bond donors (Lipinski definition) is 2. The molecule has 2 rings (SSSR count). The first kappa shape index (κ1) is 17.7. The lowest BCUT2D eigenvalue weighted by Gasteiger charge is -2.27. The van der Waals surface area contributed by atoms with Crippen LogP contribution >= 0.6 is 0 Å². The Balaban J connectivity index is 2.26. The summed E-state index contributed by atoms with van der Waals surface area (Å²) in [6, 6.07) is 5.03. The number of hydrogen-bond acceptors (Lipinski definition) is 3. The van der Waals surface area contributed by atoms with Gasteiger partial charge in [-0.3, -0.25) is 9.48 Å². The molecule has 1 unspecified atom stereocenters. The first-order valence-corrected chi connectivity index (χ1v) is 7.44. The third-order valence-electron chi connectivity index (χ3n) is 4.23. The van der Waals surface area contributed by atoms with Gasteiger partial charge in [0.2, 0.25) is 5.91 Å². The number of aryl methyl sites for hydroxylation is 2. The van der Waals surface area contributed by atoms with Crippen molar-refractivity contribution in [2.24, 2.45) is 7.05 Å². The van der Waals surface area contributed by atoms with E-state index in [0.29, 0.717) is 5.56 Å². The largest absolute Gasteiger partial charge is 0.479 e. The van der Waals surface area contributed by atoms with E-state index in [1.165, 1.54) is 19.1 Å². The summed E-state index contributed by atoms with van der Waals surface area (Å²) in [5.41, 5.74) is 0.992. The monoisotopic (exact) mass is 333 g/mol. The SMILES string of the molecule is Cc1nn(C)c(C)c1CC(=O)NC(C)(C(=O)O)c1ccc(F)cc1. The normalized spacial score (nSPS) is 13.4. The molecular weight excluding hydrogens is 313 g/mol. The maximum Gasteiger partial charge on any atom is 0.333 e. The molecule has 2 N–H and O–H groups in total. The zero-order chi connectivity index (χ0) is 18.1. The van der Waals surface area contributed by atoms with E-state index in [-0.39, 0.29) is 6.42 Å². The van der Waals surface area contributed by atoms with Crippen LogP contribution in [0.5, 0.6) is 0 Å². The maximum absolute atomic E-state index is 13.1. The molecule has 0 aliphatic rings. The van der Waals surface area contributed by atoms with Crippen molar-refractivity contribution in [2.75, 3.05) is 0 Å². The molecule has 24 heavy (non-hydrogen) atoms. The third-order valence-corrected chi connectivity index (χ3v) is 4.23. The van der Waals surface area contributed by atoms with Gasteiger partial charge in [0.1, 0.15) is 5.82 Å². The standard InChI is InChI=1S/C17H20FN3O3/c1-10-14(11(2)21(4)20-10)9-15(22)19-17(3,16(23)24)12-5-7-13(18)8-6-12/h5-8H,9H2,1-4H3,(H,19,22)(H,23,24). The minimum absolute atomic E-state index is 0.0234. The number of nitrogens with zero attached hydrogens (tertiary/aromatic N) is 2. The molecule has 0 spiro atoms. The molecule has 0 radical (unpaired) electrons. The Morgan fingerprint density at radius 3 is 2.33 bits per heavy atom. The molecule has 0 saturated carbocycles. The van der Waals surface area contributed by atoms with Gasteiger partial charge in [-0.1, -0.05) is 12.1 Å². The number of aliphatic carboxylic acids is 1. The lowest BCUT2D eigenvalue weighted by molar-refractivity contribution is -0.147. The Morgan fingerprint density at radius 1 is 1.29 bits per heavy atom. The number of carboxylic acids is 1. The molecule has 1 atom stereocenters. The van der Waals surface area contributed by atoms with Crippen molar-refractivity contribution < 1.29 is 19.1 Å². The Kier molecular flexibility index (Phi) is 4.73. The topological polar surface area (TPSA) is 84.2 Å². The van der Waals surface area contributed by atoms with Gasteiger partial charge < -0.3 is 10.4 Å². The number of carbonyl (C=O) groups is 2. The molecule has 6 nitrogen and oxygen atoms in total. The molecule has 0 aliphatic heterocycles. The van der Waals surface area contributed by atoms with Crippen LogP contribution in [0.4, 0.5) is 4.39 Å². The van der Waals surface area contributed by atoms with Crippen LogP contribution in [0.15, 0.2) is 24.3 Å². The molecule has 0 fully saturated rings. The van der Waals surface area contributed by atoms with Gasteiger partial charge in [-0.15, -0.1) is 0 Å². The average molecular weight is 333 g/mol. The van der Waals surface area contributed by atoms with E-state index in [9.17, 15) is 19.1 Å². The highest BCUT2D eigenvalue weighted by molar-refractivity contribution is 5.88. The fourth-order valence-corrected chi connectivity index (χ4v) is 2.59. The number of benzene rings is 1. The molecule has 7 heteroatoms. The van der Waals surface area contributed by atoms with E-state index in [1.54, 1.807) is 18.7 Å². The summed E-state index contributed by atoms with van der Waals surface area (Å²) in [5, 5.41) is 16.3. The lowest BCUT2D eigenvalue weighted by Crippen LogP contribution is -2.50. The van der Waals surface area contributed by atoms with Gasteiger partial charge in [-0.2, -0.15) is 5.10 Å². The predicted octanol–water partition coefficient (Wildman–Crippen LogP) is 1.83. The number of rotatable bonds is 5. The van der Waals surface area contributed by atoms with Gasteiger partial charge in [-0.05, 0) is 38.5 Å². The zero-order valence-corrected chi connectivity index (χ0v) is 14.1. The molecule has 0 aliphatic carbocycles. The summed E-state index contributed by atoms with van der Waals surface area (Å²) >= 11 is 0. The summed E-state index contributed by atoms with van der Waals surface area (Å²) in [6.45, 7) is 5.02. The second-order valence-corrected chi connectivity index (χ2v) is 5.93. The second-order valence-electron chi connectivity index (χ2n) is 5.93. The minimum atomic E-state index is -1.64. The Bertz CT molecular complexity index is 783. The van der Waals surface area contributed by atoms with Crippen LogP contribution < -0.4 is 5.32 Å². The summed E-state index contributed by atoms with van der Waals surface area (Å²) in [7, 11) is 1.78. The van der Waals surface area contributed by atoms with E-state index >= 15 is 0 Å². The number of aromatic nitrogens is 2.